The summed E-state index contributed by atoms with van der Waals surface area (Å²) in [5, 5.41) is 0. The topological polar surface area (TPSA) is 29.3 Å². The Morgan fingerprint density at radius 1 is 0.950 bits per heavy atom. The van der Waals surface area contributed by atoms with Crippen molar-refractivity contribution in [2.24, 2.45) is 0 Å². The van der Waals surface area contributed by atoms with Gasteiger partial charge >= 0.3 is 0 Å². The molecule has 1 unspecified atom stereocenters. The lowest BCUT2D eigenvalue weighted by Crippen LogP contribution is -2.39. The molecule has 0 saturated carbocycles. The van der Waals surface area contributed by atoms with Crippen molar-refractivity contribution in [1.82, 2.24) is 4.90 Å². The first-order valence-electron chi connectivity index (χ1n) is 7.01. The number of hydrogen-bond donors (Lipinski definition) is 1. The summed E-state index contributed by atoms with van der Waals surface area (Å²) in [4.78, 5) is 2.58. The molecule has 4 rings (SSSR count). The molecule has 0 fully saturated rings. The molecule has 2 aromatic rings. The van der Waals surface area contributed by atoms with Crippen molar-refractivity contribution < 1.29 is 0 Å². The summed E-state index contributed by atoms with van der Waals surface area (Å²) in [6.07, 6.45) is 2.22. The first kappa shape index (κ1) is 13.5. The summed E-state index contributed by atoms with van der Waals surface area (Å²) in [5.41, 5.74) is 13.0. The van der Waals surface area contributed by atoms with E-state index in [0.29, 0.717) is 6.04 Å². The number of hydrogen-bond acceptors (Lipinski definition) is 2. The lowest BCUT2D eigenvalue weighted by Gasteiger charge is -2.42. The van der Waals surface area contributed by atoms with Crippen LogP contribution in [0.25, 0.3) is 0 Å². The van der Waals surface area contributed by atoms with Crippen LogP contribution in [-0.2, 0) is 19.4 Å². The Kier molecular flexibility index (Phi) is 3.45. The normalized spacial score (nSPS) is 20.3. The molecule has 0 spiro atoms. The number of fused-ring (bicyclic) bond motifs is 4. The van der Waals surface area contributed by atoms with Gasteiger partial charge in [-0.3, -0.25) is 4.90 Å². The highest BCUT2D eigenvalue weighted by atomic mass is 35.5. The fourth-order valence-corrected chi connectivity index (χ4v) is 3.62. The van der Waals surface area contributed by atoms with Gasteiger partial charge in [-0.2, -0.15) is 0 Å². The quantitative estimate of drug-likeness (QED) is 0.753. The fraction of sp³-hybridized carbons (Fsp3) is 0.294. The van der Waals surface area contributed by atoms with Crippen LogP contribution in [0.2, 0.25) is 0 Å². The molecule has 20 heavy (non-hydrogen) atoms. The van der Waals surface area contributed by atoms with Gasteiger partial charge in [-0.15, -0.1) is 12.4 Å². The molecule has 0 aliphatic carbocycles. The number of nitrogens with two attached hydrogens (primary N) is 1. The molecule has 2 heterocycles. The molecule has 0 amide bonds. The molecule has 3 heteroatoms. The SMILES string of the molecule is Cl.Nc1cccc2c1C1Cc3ccccc3CN1CC2. The van der Waals surface area contributed by atoms with Crippen LogP contribution in [0.15, 0.2) is 42.5 Å². The van der Waals surface area contributed by atoms with Gasteiger partial charge in [-0.1, -0.05) is 36.4 Å². The van der Waals surface area contributed by atoms with Gasteiger partial charge in [0.1, 0.15) is 0 Å². The van der Waals surface area contributed by atoms with Gasteiger partial charge in [0.15, 0.2) is 0 Å². The van der Waals surface area contributed by atoms with E-state index in [0.717, 1.165) is 31.6 Å². The summed E-state index contributed by atoms with van der Waals surface area (Å²) in [5.74, 6) is 0. The van der Waals surface area contributed by atoms with Crippen LogP contribution in [0.4, 0.5) is 5.69 Å². The predicted molar refractivity (Wildman–Crippen MR) is 85.1 cm³/mol. The van der Waals surface area contributed by atoms with Crippen molar-refractivity contribution in [2.75, 3.05) is 12.3 Å². The van der Waals surface area contributed by atoms with Crippen LogP contribution in [0.1, 0.15) is 28.3 Å². The molecule has 0 aromatic heterocycles. The Hall–Kier alpha value is -1.51. The van der Waals surface area contributed by atoms with Crippen molar-refractivity contribution >= 4 is 18.1 Å². The van der Waals surface area contributed by atoms with Crippen LogP contribution >= 0.6 is 12.4 Å². The van der Waals surface area contributed by atoms with Crippen molar-refractivity contribution in [3.63, 3.8) is 0 Å². The molecule has 2 nitrogen and oxygen atoms in total. The minimum absolute atomic E-state index is 0. The Balaban J connectivity index is 0.00000121. The second-order valence-corrected chi connectivity index (χ2v) is 5.63. The molecule has 2 aliphatic rings. The third-order valence-corrected chi connectivity index (χ3v) is 4.58. The maximum atomic E-state index is 6.24. The number of anilines is 1. The maximum Gasteiger partial charge on any atom is 0.0415 e. The van der Waals surface area contributed by atoms with E-state index in [9.17, 15) is 0 Å². The summed E-state index contributed by atoms with van der Waals surface area (Å²) in [6.45, 7) is 2.21. The first-order chi connectivity index (χ1) is 9.33. The number of halogens is 1. The summed E-state index contributed by atoms with van der Waals surface area (Å²) in [7, 11) is 0. The highest BCUT2D eigenvalue weighted by Crippen LogP contribution is 2.40. The van der Waals surface area contributed by atoms with Gasteiger partial charge in [0.05, 0.1) is 0 Å². The first-order valence-corrected chi connectivity index (χ1v) is 7.01. The van der Waals surface area contributed by atoms with Crippen LogP contribution in [-0.4, -0.2) is 11.4 Å². The van der Waals surface area contributed by atoms with Gasteiger partial charge < -0.3 is 5.73 Å². The molecule has 0 bridgehead atoms. The lowest BCUT2D eigenvalue weighted by atomic mass is 9.83. The second-order valence-electron chi connectivity index (χ2n) is 5.63. The van der Waals surface area contributed by atoms with E-state index < -0.39 is 0 Å². The Morgan fingerprint density at radius 3 is 2.55 bits per heavy atom. The van der Waals surface area contributed by atoms with E-state index in [1.807, 2.05) is 6.07 Å². The molecular formula is C17H19ClN2. The molecule has 1 atom stereocenters. The summed E-state index contributed by atoms with van der Waals surface area (Å²) in [6, 6.07) is 15.7. The zero-order valence-electron chi connectivity index (χ0n) is 11.4. The zero-order valence-corrected chi connectivity index (χ0v) is 12.2. The highest BCUT2D eigenvalue weighted by molar-refractivity contribution is 5.85. The van der Waals surface area contributed by atoms with E-state index in [1.165, 1.54) is 22.3 Å². The van der Waals surface area contributed by atoms with Crippen molar-refractivity contribution in [2.45, 2.75) is 25.4 Å². The van der Waals surface area contributed by atoms with Crippen molar-refractivity contribution in [3.8, 4) is 0 Å². The minimum Gasteiger partial charge on any atom is -0.398 e. The van der Waals surface area contributed by atoms with Crippen molar-refractivity contribution in [1.29, 1.82) is 0 Å². The van der Waals surface area contributed by atoms with Crippen LogP contribution < -0.4 is 5.73 Å². The fourth-order valence-electron chi connectivity index (χ4n) is 3.62. The standard InChI is InChI=1S/C17H18N2.ClH/c18-15-7-3-6-12-8-9-19-11-14-5-2-1-4-13(14)10-16(19)17(12)15;/h1-7,16H,8-11,18H2;1H. The minimum atomic E-state index is 0. The average molecular weight is 287 g/mol. The van der Waals surface area contributed by atoms with Gasteiger partial charge in [0.25, 0.3) is 0 Å². The zero-order chi connectivity index (χ0) is 12.8. The van der Waals surface area contributed by atoms with E-state index in [-0.39, 0.29) is 12.4 Å². The van der Waals surface area contributed by atoms with E-state index in [1.54, 1.807) is 0 Å². The number of nitrogen functional groups attached to an aromatic ring is 1. The molecule has 2 aliphatic heterocycles. The largest absolute Gasteiger partial charge is 0.398 e. The maximum absolute atomic E-state index is 6.24. The van der Waals surface area contributed by atoms with E-state index >= 15 is 0 Å². The number of nitrogens with zero attached hydrogens (tertiary/aromatic N) is 1. The van der Waals surface area contributed by atoms with Gasteiger partial charge in [-0.25, -0.2) is 0 Å². The number of benzene rings is 2. The molecule has 0 radical (unpaired) electrons. The highest BCUT2D eigenvalue weighted by Gasteiger charge is 2.32. The average Bonchev–Trinajstić information content (AvgIpc) is 2.45. The molecule has 2 N–H and O–H groups in total. The van der Waals surface area contributed by atoms with Crippen LogP contribution in [0, 0.1) is 0 Å². The Labute approximate surface area is 126 Å². The summed E-state index contributed by atoms with van der Waals surface area (Å²) < 4.78 is 0. The van der Waals surface area contributed by atoms with E-state index in [2.05, 4.69) is 41.3 Å². The second kappa shape index (κ2) is 5.12. The van der Waals surface area contributed by atoms with Gasteiger partial charge in [0, 0.05) is 24.8 Å². The molecule has 104 valence electrons. The van der Waals surface area contributed by atoms with Crippen LogP contribution in [0.3, 0.4) is 0 Å². The molecular weight excluding hydrogens is 268 g/mol. The predicted octanol–water partition coefficient (Wildman–Crippen LogP) is 3.35. The third-order valence-electron chi connectivity index (χ3n) is 4.58. The molecule has 2 aromatic carbocycles. The molecule has 0 saturated heterocycles. The smallest absolute Gasteiger partial charge is 0.0415 e. The Morgan fingerprint density at radius 2 is 1.70 bits per heavy atom. The number of rotatable bonds is 0. The van der Waals surface area contributed by atoms with Gasteiger partial charge in [0.2, 0.25) is 0 Å². The van der Waals surface area contributed by atoms with Gasteiger partial charge in [-0.05, 0) is 41.2 Å². The monoisotopic (exact) mass is 286 g/mol. The van der Waals surface area contributed by atoms with Crippen LogP contribution in [0.5, 0.6) is 0 Å². The third kappa shape index (κ3) is 2.00. The van der Waals surface area contributed by atoms with Crippen molar-refractivity contribution in [3.05, 3.63) is 64.7 Å². The summed E-state index contributed by atoms with van der Waals surface area (Å²) >= 11 is 0. The van der Waals surface area contributed by atoms with E-state index in [4.69, 9.17) is 5.73 Å². The lowest BCUT2D eigenvalue weighted by molar-refractivity contribution is 0.161. The Bertz CT molecular complexity index is 639.